The summed E-state index contributed by atoms with van der Waals surface area (Å²) in [5.41, 5.74) is 1.07. The standard InChI is InChI=1S/C10H17NO2/c1-8-5-10(7-12)9(13-2)3-4-11(10)6-8/h9,12H,1,3-7H2,2H3/t9-,10+/m1/s1. The summed E-state index contributed by atoms with van der Waals surface area (Å²) in [4.78, 5) is 2.31. The summed E-state index contributed by atoms with van der Waals surface area (Å²) in [6.45, 7) is 6.13. The van der Waals surface area contributed by atoms with Gasteiger partial charge in [0.05, 0.1) is 18.2 Å². The first-order valence-corrected chi connectivity index (χ1v) is 4.78. The van der Waals surface area contributed by atoms with E-state index in [-0.39, 0.29) is 18.2 Å². The molecule has 0 unspecified atom stereocenters. The molecular formula is C10H17NO2. The van der Waals surface area contributed by atoms with Crippen molar-refractivity contribution in [2.24, 2.45) is 0 Å². The van der Waals surface area contributed by atoms with Crippen LogP contribution >= 0.6 is 0 Å². The Labute approximate surface area is 79.0 Å². The van der Waals surface area contributed by atoms with Crippen molar-refractivity contribution in [3.05, 3.63) is 12.2 Å². The SMILES string of the molecule is C=C1CN2CC[C@@H](OC)[C@@]2(CO)C1. The van der Waals surface area contributed by atoms with E-state index in [1.165, 1.54) is 5.57 Å². The molecule has 3 heteroatoms. The molecule has 2 atom stereocenters. The highest BCUT2D eigenvalue weighted by molar-refractivity contribution is 5.20. The van der Waals surface area contributed by atoms with Gasteiger partial charge >= 0.3 is 0 Å². The fraction of sp³-hybridized carbons (Fsp3) is 0.800. The van der Waals surface area contributed by atoms with Crippen molar-refractivity contribution < 1.29 is 9.84 Å². The van der Waals surface area contributed by atoms with Crippen molar-refractivity contribution >= 4 is 0 Å². The van der Waals surface area contributed by atoms with Crippen LogP contribution in [0.2, 0.25) is 0 Å². The van der Waals surface area contributed by atoms with E-state index in [2.05, 4.69) is 11.5 Å². The van der Waals surface area contributed by atoms with Crippen molar-refractivity contribution in [1.82, 2.24) is 4.90 Å². The maximum atomic E-state index is 9.48. The molecule has 0 amide bonds. The molecule has 2 aliphatic rings. The number of ether oxygens (including phenoxy) is 1. The molecule has 2 saturated heterocycles. The second-order valence-corrected chi connectivity index (χ2v) is 4.12. The lowest BCUT2D eigenvalue weighted by molar-refractivity contribution is -0.0163. The highest BCUT2D eigenvalue weighted by atomic mass is 16.5. The van der Waals surface area contributed by atoms with E-state index in [1.807, 2.05) is 0 Å². The maximum Gasteiger partial charge on any atom is 0.0792 e. The largest absolute Gasteiger partial charge is 0.394 e. The van der Waals surface area contributed by atoms with Crippen LogP contribution in [0.25, 0.3) is 0 Å². The van der Waals surface area contributed by atoms with Crippen LogP contribution in [0.1, 0.15) is 12.8 Å². The fourth-order valence-electron chi connectivity index (χ4n) is 2.78. The van der Waals surface area contributed by atoms with Gasteiger partial charge in [0.25, 0.3) is 0 Å². The van der Waals surface area contributed by atoms with Gasteiger partial charge in [-0.2, -0.15) is 0 Å². The van der Waals surface area contributed by atoms with Gasteiger partial charge in [0, 0.05) is 20.2 Å². The Morgan fingerprint density at radius 3 is 3.15 bits per heavy atom. The Balaban J connectivity index is 2.25. The molecule has 0 spiro atoms. The monoisotopic (exact) mass is 183 g/mol. The van der Waals surface area contributed by atoms with E-state index in [0.717, 1.165) is 25.9 Å². The lowest BCUT2D eigenvalue weighted by atomic mass is 9.91. The van der Waals surface area contributed by atoms with E-state index in [1.54, 1.807) is 7.11 Å². The van der Waals surface area contributed by atoms with Gasteiger partial charge < -0.3 is 9.84 Å². The molecule has 0 bridgehead atoms. The van der Waals surface area contributed by atoms with E-state index in [4.69, 9.17) is 4.74 Å². The molecule has 0 aromatic rings. The fourth-order valence-corrected chi connectivity index (χ4v) is 2.78. The highest BCUT2D eigenvalue weighted by Crippen LogP contribution is 2.41. The Morgan fingerprint density at radius 1 is 1.77 bits per heavy atom. The Morgan fingerprint density at radius 2 is 2.54 bits per heavy atom. The summed E-state index contributed by atoms with van der Waals surface area (Å²) in [6.07, 6.45) is 2.10. The predicted molar refractivity (Wildman–Crippen MR) is 50.6 cm³/mol. The van der Waals surface area contributed by atoms with Crippen LogP contribution in [0.5, 0.6) is 0 Å². The van der Waals surface area contributed by atoms with Gasteiger partial charge in [0.1, 0.15) is 0 Å². The average molecular weight is 183 g/mol. The summed E-state index contributed by atoms with van der Waals surface area (Å²) in [5.74, 6) is 0. The zero-order chi connectivity index (χ0) is 9.47. The summed E-state index contributed by atoms with van der Waals surface area (Å²) >= 11 is 0. The number of hydrogen-bond donors (Lipinski definition) is 1. The third-order valence-corrected chi connectivity index (χ3v) is 3.42. The van der Waals surface area contributed by atoms with E-state index in [9.17, 15) is 5.11 Å². The quantitative estimate of drug-likeness (QED) is 0.629. The van der Waals surface area contributed by atoms with Crippen molar-refractivity contribution in [2.45, 2.75) is 24.5 Å². The zero-order valence-corrected chi connectivity index (χ0v) is 8.12. The van der Waals surface area contributed by atoms with Crippen LogP contribution in [-0.2, 0) is 4.74 Å². The molecule has 2 aliphatic heterocycles. The first-order valence-electron chi connectivity index (χ1n) is 4.78. The van der Waals surface area contributed by atoms with Crippen LogP contribution in [0, 0.1) is 0 Å². The topological polar surface area (TPSA) is 32.7 Å². The summed E-state index contributed by atoms with van der Waals surface area (Å²) in [5, 5.41) is 9.48. The van der Waals surface area contributed by atoms with Crippen LogP contribution in [0.3, 0.4) is 0 Å². The number of aliphatic hydroxyl groups excluding tert-OH is 1. The lowest BCUT2D eigenvalue weighted by Gasteiger charge is -2.33. The van der Waals surface area contributed by atoms with Gasteiger partial charge in [-0.25, -0.2) is 0 Å². The second kappa shape index (κ2) is 3.08. The average Bonchev–Trinajstić information content (AvgIpc) is 2.58. The minimum Gasteiger partial charge on any atom is -0.394 e. The molecular weight excluding hydrogens is 166 g/mol. The second-order valence-electron chi connectivity index (χ2n) is 4.12. The molecule has 0 aromatic carbocycles. The third-order valence-electron chi connectivity index (χ3n) is 3.42. The zero-order valence-electron chi connectivity index (χ0n) is 8.12. The van der Waals surface area contributed by atoms with Gasteiger partial charge in [-0.3, -0.25) is 4.90 Å². The van der Waals surface area contributed by atoms with Crippen LogP contribution in [-0.4, -0.2) is 48.5 Å². The van der Waals surface area contributed by atoms with Crippen LogP contribution in [0.4, 0.5) is 0 Å². The van der Waals surface area contributed by atoms with Gasteiger partial charge in [-0.05, 0) is 12.8 Å². The van der Waals surface area contributed by atoms with E-state index < -0.39 is 0 Å². The molecule has 0 aromatic heterocycles. The van der Waals surface area contributed by atoms with Gasteiger partial charge in [0.2, 0.25) is 0 Å². The first-order chi connectivity index (χ1) is 6.23. The van der Waals surface area contributed by atoms with Crippen LogP contribution in [0.15, 0.2) is 12.2 Å². The molecule has 0 aliphatic carbocycles. The maximum absolute atomic E-state index is 9.48. The minimum absolute atomic E-state index is 0.147. The lowest BCUT2D eigenvalue weighted by Crippen LogP contribution is -2.49. The Kier molecular flexibility index (Phi) is 2.18. The number of aliphatic hydroxyl groups is 1. The Hall–Kier alpha value is -0.380. The number of fused-ring (bicyclic) bond motifs is 1. The summed E-state index contributed by atoms with van der Waals surface area (Å²) in [7, 11) is 1.73. The molecule has 74 valence electrons. The highest BCUT2D eigenvalue weighted by Gasteiger charge is 2.52. The molecule has 0 radical (unpaired) electrons. The van der Waals surface area contributed by atoms with Crippen molar-refractivity contribution in [3.8, 4) is 0 Å². The van der Waals surface area contributed by atoms with E-state index >= 15 is 0 Å². The molecule has 13 heavy (non-hydrogen) atoms. The van der Waals surface area contributed by atoms with Crippen LogP contribution < -0.4 is 0 Å². The van der Waals surface area contributed by atoms with Crippen molar-refractivity contribution in [2.75, 3.05) is 26.8 Å². The normalized spacial score (nSPS) is 39.8. The Bertz CT molecular complexity index is 229. The van der Waals surface area contributed by atoms with E-state index in [0.29, 0.717) is 0 Å². The number of hydrogen-bond acceptors (Lipinski definition) is 3. The molecule has 1 N–H and O–H groups in total. The predicted octanol–water partition coefficient (Wildman–Crippen LogP) is 0.398. The molecule has 2 heterocycles. The summed E-state index contributed by atoms with van der Waals surface area (Å²) < 4.78 is 5.42. The number of methoxy groups -OCH3 is 1. The van der Waals surface area contributed by atoms with Crippen molar-refractivity contribution in [3.63, 3.8) is 0 Å². The third kappa shape index (κ3) is 1.15. The smallest absolute Gasteiger partial charge is 0.0792 e. The van der Waals surface area contributed by atoms with Gasteiger partial charge in [-0.15, -0.1) is 0 Å². The molecule has 0 saturated carbocycles. The summed E-state index contributed by atoms with van der Waals surface area (Å²) in [6, 6.07) is 0. The number of rotatable bonds is 2. The number of nitrogens with zero attached hydrogens (tertiary/aromatic N) is 1. The minimum atomic E-state index is -0.147. The van der Waals surface area contributed by atoms with Gasteiger partial charge in [0.15, 0.2) is 0 Å². The molecule has 2 fully saturated rings. The molecule has 2 rings (SSSR count). The molecule has 3 nitrogen and oxygen atoms in total. The van der Waals surface area contributed by atoms with Crippen molar-refractivity contribution in [1.29, 1.82) is 0 Å². The van der Waals surface area contributed by atoms with Gasteiger partial charge in [-0.1, -0.05) is 12.2 Å². The first kappa shape index (κ1) is 9.19.